The molecule has 2 heterocycles. The molecule has 62 heavy (non-hydrogen) atoms. The van der Waals surface area contributed by atoms with Gasteiger partial charge in [0.05, 0.1) is 26.2 Å². The summed E-state index contributed by atoms with van der Waals surface area (Å²) in [7, 11) is 0. The molecule has 0 spiro atoms. The van der Waals surface area contributed by atoms with Crippen molar-refractivity contribution >= 4 is 100 Å². The van der Waals surface area contributed by atoms with E-state index >= 15 is 0 Å². The van der Waals surface area contributed by atoms with E-state index in [1.807, 2.05) is 0 Å². The van der Waals surface area contributed by atoms with Gasteiger partial charge in [0.25, 0.3) is 0 Å². The molecule has 6 unspecified atom stereocenters. The lowest BCUT2D eigenvalue weighted by molar-refractivity contribution is -0.140. The number of amides is 4. The highest BCUT2D eigenvalue weighted by atomic mass is 32.2. The number of carboxylic acid groups (broad SMARTS) is 4. The number of rotatable bonds is 30. The Hall–Kier alpha value is -5.09. The maximum atomic E-state index is 14.1. The molecular formula is C35H48N10O13S4. The Morgan fingerprint density at radius 3 is 1.63 bits per heavy atom. The number of carbonyl (C=O) groups is 9. The molecule has 0 aliphatic heterocycles. The molecule has 0 aromatic carbocycles. The largest absolute Gasteiger partial charge is 0.480 e. The van der Waals surface area contributed by atoms with E-state index in [4.69, 9.17) is 31.9 Å². The second-order valence-electron chi connectivity index (χ2n) is 13.0. The van der Waals surface area contributed by atoms with E-state index in [9.17, 15) is 43.2 Å². The van der Waals surface area contributed by atoms with E-state index in [1.54, 1.807) is 24.6 Å². The van der Waals surface area contributed by atoms with Gasteiger partial charge in [-0.3, -0.25) is 43.2 Å². The maximum absolute atomic E-state index is 14.1. The van der Waals surface area contributed by atoms with Crippen LogP contribution >= 0.6 is 47.0 Å². The quantitative estimate of drug-likeness (QED) is 0.0334. The molecule has 6 atom stereocenters. The van der Waals surface area contributed by atoms with Gasteiger partial charge in [-0.05, 0) is 37.5 Å². The zero-order chi connectivity index (χ0) is 46.4. The fourth-order valence-electron chi connectivity index (χ4n) is 4.95. The minimum absolute atomic E-state index is 0.190. The summed E-state index contributed by atoms with van der Waals surface area (Å²) in [6.45, 7) is -1.54. The summed E-state index contributed by atoms with van der Waals surface area (Å²) in [4.78, 5) is 128. The first-order chi connectivity index (χ1) is 29.3. The highest BCUT2D eigenvalue weighted by Crippen LogP contribution is 2.37. The van der Waals surface area contributed by atoms with Crippen LogP contribution in [0.2, 0.25) is 0 Å². The summed E-state index contributed by atoms with van der Waals surface area (Å²) >= 11 is 4.63. The maximum Gasteiger partial charge on any atom is 0.322 e. The average molecular weight is 945 g/mol. The number of nitrogens with two attached hydrogens (primary N) is 2. The van der Waals surface area contributed by atoms with Crippen LogP contribution in [0.25, 0.3) is 0 Å². The van der Waals surface area contributed by atoms with Gasteiger partial charge in [0.15, 0.2) is 0 Å². The predicted molar refractivity (Wildman–Crippen MR) is 227 cm³/mol. The molecule has 27 heteroatoms. The number of nitrogens with one attached hydrogen (secondary N) is 4. The Kier molecular flexibility index (Phi) is 23.8. The average Bonchev–Trinajstić information content (AvgIpc) is 3.24. The molecule has 0 aliphatic rings. The molecular weight excluding hydrogens is 897 g/mol. The van der Waals surface area contributed by atoms with Gasteiger partial charge < -0.3 is 53.2 Å². The molecule has 340 valence electrons. The smallest absolute Gasteiger partial charge is 0.322 e. The summed E-state index contributed by atoms with van der Waals surface area (Å²) in [6, 6.07) is -2.14. The fraction of sp³-hybridized carbons (Fsp3) is 0.514. The van der Waals surface area contributed by atoms with Gasteiger partial charge in [0.2, 0.25) is 23.6 Å². The third-order valence-corrected chi connectivity index (χ3v) is 12.2. The first kappa shape index (κ1) is 53.0. The van der Waals surface area contributed by atoms with Crippen molar-refractivity contribution in [2.75, 3.05) is 37.1 Å². The van der Waals surface area contributed by atoms with Crippen LogP contribution in [0.4, 0.5) is 0 Å². The standard InChI is InChI=1S/C35H48N10O13S4/c1-59-27-7-8-38-31(45-27)24(62-15-22(33(54)40-13-30(51)52)44-26(48)6-4-19(37)35(57)58)10-17(46)9-23(20-11-28(60-2)42-16-41-20)61-14-21(32(53)39-12-29(49)50)43-25(47)5-3-18(36)34(55)56/h7-8,11,16,18-19,21-24H,3-6,9-10,12-15,36-37H2,1-2H3,(H,39,53)(H,40,54)(H,43,47)(H,44,48)(H,49,50)(H,51,52)(H,55,56)(H,57,58). The Labute approximate surface area is 371 Å². The molecule has 0 aliphatic carbocycles. The number of hydrogen-bond acceptors (Lipinski definition) is 19. The molecule has 0 saturated heterocycles. The normalized spacial score (nSPS) is 13.9. The number of carboxylic acids is 4. The number of aromatic nitrogens is 4. The SMILES string of the molecule is CSc1cc(C(CC(=O)CC(SCC(NC(=O)CCC(N)C(=O)O)C(=O)NCC(=O)O)c2nccc(SC)n2)SCC(NC(=O)CCC(N)C(=O)O)C(=O)NCC(=O)O)ncn1. The number of carbonyl (C=O) groups excluding carboxylic acids is 5. The van der Waals surface area contributed by atoms with Gasteiger partial charge in [-0.2, -0.15) is 0 Å². The van der Waals surface area contributed by atoms with E-state index in [0.29, 0.717) is 15.7 Å². The van der Waals surface area contributed by atoms with Crippen LogP contribution in [0, 0.1) is 0 Å². The third kappa shape index (κ3) is 20.2. The van der Waals surface area contributed by atoms with Crippen molar-refractivity contribution in [2.24, 2.45) is 11.5 Å². The van der Waals surface area contributed by atoms with Crippen LogP contribution in [0.1, 0.15) is 60.5 Å². The molecule has 2 aromatic rings. The molecule has 0 radical (unpaired) electrons. The lowest BCUT2D eigenvalue weighted by atomic mass is 10.1. The molecule has 4 amide bonds. The van der Waals surface area contributed by atoms with Crippen LogP contribution in [0.3, 0.4) is 0 Å². The van der Waals surface area contributed by atoms with Crippen molar-refractivity contribution in [1.29, 1.82) is 0 Å². The summed E-state index contributed by atoms with van der Waals surface area (Å²) in [6.07, 6.45) is 4.55. The first-order valence-electron chi connectivity index (χ1n) is 18.4. The number of hydrogen-bond donors (Lipinski definition) is 10. The van der Waals surface area contributed by atoms with Gasteiger partial charge in [-0.15, -0.1) is 47.0 Å². The fourth-order valence-corrected chi connectivity index (χ4v) is 8.21. The van der Waals surface area contributed by atoms with Gasteiger partial charge in [0, 0.05) is 43.4 Å². The first-order valence-corrected chi connectivity index (χ1v) is 22.9. The molecule has 0 fully saturated rings. The van der Waals surface area contributed by atoms with Crippen molar-refractivity contribution < 1.29 is 63.6 Å². The van der Waals surface area contributed by atoms with Crippen LogP contribution in [-0.2, 0) is 43.2 Å². The van der Waals surface area contributed by atoms with Crippen LogP contribution in [-0.4, -0.2) is 155 Å². The molecule has 12 N–H and O–H groups in total. The second kappa shape index (κ2) is 27.8. The number of aliphatic carboxylic acids is 4. The summed E-state index contributed by atoms with van der Waals surface area (Å²) in [5.41, 5.74) is 11.4. The number of nitrogens with zero attached hydrogens (tertiary/aromatic N) is 4. The second-order valence-corrected chi connectivity index (χ2v) is 17.1. The van der Waals surface area contributed by atoms with Gasteiger partial charge in [-0.25, -0.2) is 19.9 Å². The zero-order valence-corrected chi connectivity index (χ0v) is 36.7. The topological polar surface area (TPSA) is 386 Å². The minimum atomic E-state index is -1.36. The molecule has 23 nitrogen and oxygen atoms in total. The summed E-state index contributed by atoms with van der Waals surface area (Å²) in [5, 5.41) is 45.2. The molecule has 2 rings (SSSR count). The molecule has 0 bridgehead atoms. The van der Waals surface area contributed by atoms with Gasteiger partial charge in [0.1, 0.15) is 55.2 Å². The lowest BCUT2D eigenvalue weighted by Gasteiger charge is -2.23. The van der Waals surface area contributed by atoms with Crippen molar-refractivity contribution in [3.63, 3.8) is 0 Å². The van der Waals surface area contributed by atoms with E-state index < -0.39 is 95.3 Å². The Morgan fingerprint density at radius 1 is 0.677 bits per heavy atom. The predicted octanol–water partition coefficient (Wildman–Crippen LogP) is -0.936. The van der Waals surface area contributed by atoms with Crippen LogP contribution < -0.4 is 32.7 Å². The van der Waals surface area contributed by atoms with E-state index in [2.05, 4.69) is 41.2 Å². The van der Waals surface area contributed by atoms with Gasteiger partial charge >= 0.3 is 23.9 Å². The van der Waals surface area contributed by atoms with Crippen molar-refractivity contribution in [3.8, 4) is 0 Å². The van der Waals surface area contributed by atoms with Crippen LogP contribution in [0.5, 0.6) is 0 Å². The Bertz CT molecular complexity index is 1790. The zero-order valence-electron chi connectivity index (χ0n) is 33.4. The van der Waals surface area contributed by atoms with E-state index in [-0.39, 0.29) is 61.6 Å². The van der Waals surface area contributed by atoms with E-state index in [1.165, 1.54) is 36.0 Å². The highest BCUT2D eigenvalue weighted by molar-refractivity contribution is 8.00. The van der Waals surface area contributed by atoms with Gasteiger partial charge in [-0.1, -0.05) is 0 Å². The Balaban J connectivity index is 2.43. The summed E-state index contributed by atoms with van der Waals surface area (Å²) < 4.78 is 0. The van der Waals surface area contributed by atoms with Crippen molar-refractivity contribution in [1.82, 2.24) is 41.2 Å². The third-order valence-electron chi connectivity index (χ3n) is 8.23. The highest BCUT2D eigenvalue weighted by Gasteiger charge is 2.30. The minimum Gasteiger partial charge on any atom is -0.480 e. The Morgan fingerprint density at radius 2 is 1.16 bits per heavy atom. The van der Waals surface area contributed by atoms with Crippen molar-refractivity contribution in [3.05, 3.63) is 36.2 Å². The lowest BCUT2D eigenvalue weighted by Crippen LogP contribution is -2.49. The number of Topliss-reactive ketones (excluding diaryl/α,β-unsaturated/α-hetero) is 1. The van der Waals surface area contributed by atoms with Crippen LogP contribution in [0.15, 0.2) is 34.7 Å². The molecule has 0 saturated carbocycles. The van der Waals surface area contributed by atoms with E-state index in [0.717, 1.165) is 23.5 Å². The van der Waals surface area contributed by atoms with Crippen molar-refractivity contribution in [2.45, 2.75) is 83.2 Å². The summed E-state index contributed by atoms with van der Waals surface area (Å²) in [5.74, 6) is -9.23. The number of ketones is 1. The number of thioether (sulfide) groups is 4. The molecule has 2 aromatic heterocycles. The monoisotopic (exact) mass is 944 g/mol.